The van der Waals surface area contributed by atoms with E-state index in [2.05, 4.69) is 0 Å². The zero-order valence-electron chi connectivity index (χ0n) is 5.93. The summed E-state index contributed by atoms with van der Waals surface area (Å²) in [6, 6.07) is 4.66. The van der Waals surface area contributed by atoms with Crippen molar-refractivity contribution in [3.63, 3.8) is 0 Å². The Hall–Kier alpha value is -0.480. The highest BCUT2D eigenvalue weighted by Gasteiger charge is 2.09. The van der Waals surface area contributed by atoms with E-state index in [1.165, 1.54) is 6.07 Å². The van der Waals surface area contributed by atoms with E-state index >= 15 is 0 Å². The highest BCUT2D eigenvalue weighted by molar-refractivity contribution is 7.99. The second-order valence-electron chi connectivity index (χ2n) is 2.03. The maximum Gasteiger partial charge on any atom is 0.288 e. The third-order valence-electron chi connectivity index (χ3n) is 1.23. The summed E-state index contributed by atoms with van der Waals surface area (Å²) >= 11 is 6.01. The Balaban J connectivity index is 2.92. The number of anilines is 1. The first-order valence-corrected chi connectivity index (χ1v) is 4.36. The van der Waals surface area contributed by atoms with Gasteiger partial charge in [-0.3, -0.25) is 0 Å². The molecule has 0 saturated carbocycles. The maximum absolute atomic E-state index is 11.9. The van der Waals surface area contributed by atoms with Crippen LogP contribution in [-0.4, -0.2) is 5.76 Å². The average Bonchev–Trinajstić information content (AvgIpc) is 1.98. The SMILES string of the molecule is Nc1c(Cl)cccc1SC(F)F. The van der Waals surface area contributed by atoms with Gasteiger partial charge >= 0.3 is 0 Å². The minimum atomic E-state index is -2.47. The van der Waals surface area contributed by atoms with Gasteiger partial charge in [0.25, 0.3) is 5.76 Å². The first-order valence-electron chi connectivity index (χ1n) is 3.10. The lowest BCUT2D eigenvalue weighted by Crippen LogP contribution is -1.91. The Morgan fingerprint density at radius 3 is 2.67 bits per heavy atom. The fourth-order valence-electron chi connectivity index (χ4n) is 0.716. The highest BCUT2D eigenvalue weighted by Crippen LogP contribution is 2.33. The van der Waals surface area contributed by atoms with Gasteiger partial charge in [0.15, 0.2) is 0 Å². The Bertz CT molecular complexity index is 280. The second-order valence-corrected chi connectivity index (χ2v) is 3.47. The van der Waals surface area contributed by atoms with Crippen molar-refractivity contribution in [3.8, 4) is 0 Å². The molecule has 2 N–H and O–H groups in total. The number of hydrogen-bond donors (Lipinski definition) is 1. The van der Waals surface area contributed by atoms with Gasteiger partial charge in [-0.2, -0.15) is 8.78 Å². The fourth-order valence-corrected chi connectivity index (χ4v) is 1.53. The van der Waals surface area contributed by atoms with Crippen LogP contribution in [0, 0.1) is 0 Å². The largest absolute Gasteiger partial charge is 0.397 e. The molecule has 0 atom stereocenters. The quantitative estimate of drug-likeness (QED) is 0.598. The summed E-state index contributed by atoms with van der Waals surface area (Å²) in [6.45, 7) is 0. The van der Waals surface area contributed by atoms with Crippen LogP contribution in [0.2, 0.25) is 5.02 Å². The average molecular weight is 210 g/mol. The zero-order valence-corrected chi connectivity index (χ0v) is 7.50. The van der Waals surface area contributed by atoms with Crippen molar-refractivity contribution in [2.24, 2.45) is 0 Å². The molecule has 66 valence electrons. The van der Waals surface area contributed by atoms with Gasteiger partial charge in [-0.25, -0.2) is 0 Å². The number of nitrogens with two attached hydrogens (primary N) is 1. The number of thioether (sulfide) groups is 1. The third kappa shape index (κ3) is 2.25. The van der Waals surface area contributed by atoms with Crippen LogP contribution in [0.15, 0.2) is 23.1 Å². The van der Waals surface area contributed by atoms with E-state index in [4.69, 9.17) is 17.3 Å². The first-order chi connectivity index (χ1) is 5.61. The summed E-state index contributed by atoms with van der Waals surface area (Å²) in [5.74, 6) is -2.47. The van der Waals surface area contributed by atoms with Gasteiger partial charge in [-0.1, -0.05) is 29.4 Å². The van der Waals surface area contributed by atoms with E-state index < -0.39 is 5.76 Å². The molecule has 0 aliphatic rings. The molecule has 5 heteroatoms. The standard InChI is InChI=1S/C7H6ClF2NS/c8-4-2-1-3-5(6(4)11)12-7(9)10/h1-3,7H,11H2. The summed E-state index contributed by atoms with van der Waals surface area (Å²) in [5, 5.41) is 0.306. The molecule has 0 amide bonds. The van der Waals surface area contributed by atoms with Gasteiger partial charge in [0, 0.05) is 4.90 Å². The van der Waals surface area contributed by atoms with E-state index in [0.29, 0.717) is 21.7 Å². The first kappa shape index (κ1) is 9.61. The maximum atomic E-state index is 11.9. The van der Waals surface area contributed by atoms with Crippen molar-refractivity contribution >= 4 is 29.1 Å². The molecule has 0 spiro atoms. The molecule has 12 heavy (non-hydrogen) atoms. The molecule has 0 aliphatic heterocycles. The molecule has 0 fully saturated rings. The van der Waals surface area contributed by atoms with Crippen molar-refractivity contribution in [1.29, 1.82) is 0 Å². The molecule has 0 radical (unpaired) electrons. The lowest BCUT2D eigenvalue weighted by atomic mass is 10.3. The minimum Gasteiger partial charge on any atom is -0.397 e. The summed E-state index contributed by atoms with van der Waals surface area (Å²) < 4.78 is 23.8. The predicted molar refractivity (Wildman–Crippen MR) is 47.7 cm³/mol. The van der Waals surface area contributed by atoms with Crippen molar-refractivity contribution < 1.29 is 8.78 Å². The smallest absolute Gasteiger partial charge is 0.288 e. The van der Waals surface area contributed by atoms with Gasteiger partial charge in [-0.15, -0.1) is 0 Å². The van der Waals surface area contributed by atoms with Gasteiger partial charge in [0.2, 0.25) is 0 Å². The normalized spacial score (nSPS) is 10.7. The fraction of sp³-hybridized carbons (Fsp3) is 0.143. The second kappa shape index (κ2) is 3.96. The van der Waals surface area contributed by atoms with Crippen LogP contribution in [0.1, 0.15) is 0 Å². The van der Waals surface area contributed by atoms with Crippen LogP contribution in [0.25, 0.3) is 0 Å². The Morgan fingerprint density at radius 2 is 2.08 bits per heavy atom. The van der Waals surface area contributed by atoms with Crippen molar-refractivity contribution in [3.05, 3.63) is 23.2 Å². The van der Waals surface area contributed by atoms with Crippen molar-refractivity contribution in [2.75, 3.05) is 5.73 Å². The number of halogens is 3. The molecule has 1 rings (SSSR count). The van der Waals surface area contributed by atoms with Crippen LogP contribution in [0.4, 0.5) is 14.5 Å². The van der Waals surface area contributed by atoms with Crippen molar-refractivity contribution in [1.82, 2.24) is 0 Å². The third-order valence-corrected chi connectivity index (χ3v) is 2.35. The number of benzene rings is 1. The summed E-state index contributed by atoms with van der Waals surface area (Å²) in [6.07, 6.45) is 0. The number of alkyl halides is 2. The van der Waals surface area contributed by atoms with Gasteiger partial charge < -0.3 is 5.73 Å². The Morgan fingerprint density at radius 1 is 1.42 bits per heavy atom. The van der Waals surface area contributed by atoms with E-state index in [1.807, 2.05) is 0 Å². The van der Waals surface area contributed by atoms with Crippen molar-refractivity contribution in [2.45, 2.75) is 10.7 Å². The molecule has 0 unspecified atom stereocenters. The summed E-state index contributed by atoms with van der Waals surface area (Å²) in [7, 11) is 0. The zero-order chi connectivity index (χ0) is 9.14. The van der Waals surface area contributed by atoms with Crippen LogP contribution in [0.5, 0.6) is 0 Å². The van der Waals surface area contributed by atoms with E-state index in [-0.39, 0.29) is 5.69 Å². The summed E-state index contributed by atoms with van der Waals surface area (Å²) in [4.78, 5) is 0.317. The molecule has 0 saturated heterocycles. The molecule has 1 nitrogen and oxygen atoms in total. The van der Waals surface area contributed by atoms with Crippen LogP contribution in [0.3, 0.4) is 0 Å². The molecular formula is C7H6ClF2NS. The van der Waals surface area contributed by atoms with Crippen LogP contribution in [-0.2, 0) is 0 Å². The molecule has 0 aliphatic carbocycles. The summed E-state index contributed by atoms with van der Waals surface area (Å²) in [5.41, 5.74) is 5.66. The molecular weight excluding hydrogens is 204 g/mol. The van der Waals surface area contributed by atoms with E-state index in [0.717, 1.165) is 0 Å². The number of para-hydroxylation sites is 1. The van der Waals surface area contributed by atoms with E-state index in [1.54, 1.807) is 12.1 Å². The monoisotopic (exact) mass is 209 g/mol. The number of rotatable bonds is 2. The lowest BCUT2D eigenvalue weighted by molar-refractivity contribution is 0.252. The van der Waals surface area contributed by atoms with Gasteiger partial charge in [0.1, 0.15) is 0 Å². The Kier molecular flexibility index (Phi) is 3.17. The molecule has 0 heterocycles. The number of hydrogen-bond acceptors (Lipinski definition) is 2. The van der Waals surface area contributed by atoms with Gasteiger partial charge in [-0.05, 0) is 12.1 Å². The van der Waals surface area contributed by atoms with Crippen LogP contribution >= 0.6 is 23.4 Å². The molecule has 0 aromatic heterocycles. The number of nitrogen functional groups attached to an aromatic ring is 1. The highest BCUT2D eigenvalue weighted by atomic mass is 35.5. The van der Waals surface area contributed by atoms with Gasteiger partial charge in [0.05, 0.1) is 10.7 Å². The molecule has 1 aromatic rings. The predicted octanol–water partition coefficient (Wildman–Crippen LogP) is 3.24. The van der Waals surface area contributed by atoms with Crippen LogP contribution < -0.4 is 5.73 Å². The molecule has 1 aromatic carbocycles. The topological polar surface area (TPSA) is 26.0 Å². The Labute approximate surface area is 77.9 Å². The lowest BCUT2D eigenvalue weighted by Gasteiger charge is -2.04. The minimum absolute atomic E-state index is 0.212. The van der Waals surface area contributed by atoms with E-state index in [9.17, 15) is 8.78 Å². The molecule has 0 bridgehead atoms.